The van der Waals surface area contributed by atoms with E-state index in [-0.39, 0.29) is 6.61 Å². The Labute approximate surface area is 135 Å². The SMILES string of the molecule is N#Cc1ccc(C=CCCNC(=O)OCc2ccccc2)nc1. The number of nitrogens with zero attached hydrogens (tertiary/aromatic N) is 2. The maximum absolute atomic E-state index is 11.5. The van der Waals surface area contributed by atoms with Crippen LogP contribution in [0.1, 0.15) is 23.2 Å². The van der Waals surface area contributed by atoms with Crippen LogP contribution in [0.15, 0.2) is 54.7 Å². The molecule has 0 saturated carbocycles. The first kappa shape index (κ1) is 16.2. The third-order valence-corrected chi connectivity index (χ3v) is 3.00. The molecule has 0 bridgehead atoms. The molecule has 23 heavy (non-hydrogen) atoms. The van der Waals surface area contributed by atoms with Crippen LogP contribution in [0.3, 0.4) is 0 Å². The van der Waals surface area contributed by atoms with Crippen molar-refractivity contribution in [2.45, 2.75) is 13.0 Å². The summed E-state index contributed by atoms with van der Waals surface area (Å²) in [6, 6.07) is 15.0. The Balaban J connectivity index is 1.63. The zero-order valence-electron chi connectivity index (χ0n) is 12.6. The summed E-state index contributed by atoms with van der Waals surface area (Å²) in [5.74, 6) is 0. The number of ether oxygens (including phenoxy) is 1. The van der Waals surface area contributed by atoms with Crippen molar-refractivity contribution < 1.29 is 9.53 Å². The number of hydrogen-bond acceptors (Lipinski definition) is 4. The predicted molar refractivity (Wildman–Crippen MR) is 87.2 cm³/mol. The van der Waals surface area contributed by atoms with Crippen LogP contribution in [0.5, 0.6) is 0 Å². The normalized spacial score (nSPS) is 10.2. The standard InChI is InChI=1S/C18H17N3O2/c19-12-16-9-10-17(21-13-16)8-4-5-11-20-18(22)23-14-15-6-2-1-3-7-15/h1-4,6-10,13H,5,11,14H2,(H,20,22). The fourth-order valence-corrected chi connectivity index (χ4v) is 1.81. The second-order valence-corrected chi connectivity index (χ2v) is 4.76. The van der Waals surface area contributed by atoms with E-state index in [1.54, 1.807) is 12.1 Å². The highest BCUT2D eigenvalue weighted by atomic mass is 16.5. The van der Waals surface area contributed by atoms with Crippen molar-refractivity contribution >= 4 is 12.2 Å². The van der Waals surface area contributed by atoms with Crippen LogP contribution in [0.4, 0.5) is 4.79 Å². The van der Waals surface area contributed by atoms with Crippen LogP contribution in [0, 0.1) is 11.3 Å². The van der Waals surface area contributed by atoms with Gasteiger partial charge in [0.05, 0.1) is 11.3 Å². The maximum atomic E-state index is 11.5. The Morgan fingerprint density at radius 3 is 2.78 bits per heavy atom. The summed E-state index contributed by atoms with van der Waals surface area (Å²) in [4.78, 5) is 15.6. The van der Waals surface area contributed by atoms with E-state index in [2.05, 4.69) is 10.3 Å². The molecule has 0 aliphatic rings. The lowest BCUT2D eigenvalue weighted by molar-refractivity contribution is 0.140. The fraction of sp³-hybridized carbons (Fsp3) is 0.167. The molecule has 1 N–H and O–H groups in total. The van der Waals surface area contributed by atoms with Gasteiger partial charge in [-0.25, -0.2) is 4.79 Å². The minimum Gasteiger partial charge on any atom is -0.445 e. The molecule has 0 fully saturated rings. The van der Waals surface area contributed by atoms with Gasteiger partial charge in [0.2, 0.25) is 0 Å². The summed E-state index contributed by atoms with van der Waals surface area (Å²) in [5.41, 5.74) is 2.26. The van der Waals surface area contributed by atoms with E-state index in [9.17, 15) is 4.79 Å². The van der Waals surface area contributed by atoms with Gasteiger partial charge in [0.15, 0.2) is 0 Å². The molecule has 5 heteroatoms. The number of carbonyl (C=O) groups is 1. The highest BCUT2D eigenvalue weighted by Gasteiger charge is 2.00. The zero-order chi connectivity index (χ0) is 16.3. The average Bonchev–Trinajstić information content (AvgIpc) is 2.61. The van der Waals surface area contributed by atoms with Gasteiger partial charge in [0, 0.05) is 12.7 Å². The quantitative estimate of drug-likeness (QED) is 0.831. The van der Waals surface area contributed by atoms with E-state index in [0.717, 1.165) is 11.3 Å². The number of nitrogens with one attached hydrogen (secondary N) is 1. The van der Waals surface area contributed by atoms with Gasteiger partial charge in [-0.05, 0) is 30.2 Å². The number of carbonyl (C=O) groups excluding carboxylic acids is 1. The van der Waals surface area contributed by atoms with Crippen LogP contribution < -0.4 is 5.32 Å². The number of hydrogen-bond donors (Lipinski definition) is 1. The van der Waals surface area contributed by atoms with Gasteiger partial charge < -0.3 is 10.1 Å². The third kappa shape index (κ3) is 6.02. The van der Waals surface area contributed by atoms with Gasteiger partial charge in [-0.1, -0.05) is 36.4 Å². The molecule has 0 aliphatic heterocycles. The first-order valence-corrected chi connectivity index (χ1v) is 7.25. The van der Waals surface area contributed by atoms with Gasteiger partial charge in [0.25, 0.3) is 0 Å². The van der Waals surface area contributed by atoms with Crippen molar-refractivity contribution in [3.63, 3.8) is 0 Å². The molecular weight excluding hydrogens is 290 g/mol. The Kier molecular flexibility index (Phi) is 6.36. The number of rotatable bonds is 6. The van der Waals surface area contributed by atoms with Gasteiger partial charge in [-0.15, -0.1) is 0 Å². The Bertz CT molecular complexity index is 688. The number of alkyl carbamates (subject to hydrolysis) is 1. The second kappa shape index (κ2) is 9.00. The molecule has 116 valence electrons. The number of aromatic nitrogens is 1. The molecular formula is C18H17N3O2. The summed E-state index contributed by atoms with van der Waals surface area (Å²) < 4.78 is 5.10. The Morgan fingerprint density at radius 2 is 2.09 bits per heavy atom. The van der Waals surface area contributed by atoms with Crippen LogP contribution >= 0.6 is 0 Å². The molecule has 0 radical (unpaired) electrons. The van der Waals surface area contributed by atoms with E-state index < -0.39 is 6.09 Å². The zero-order valence-corrected chi connectivity index (χ0v) is 12.6. The molecule has 2 rings (SSSR count). The van der Waals surface area contributed by atoms with Gasteiger partial charge in [-0.3, -0.25) is 4.98 Å². The molecule has 1 amide bonds. The summed E-state index contributed by atoms with van der Waals surface area (Å²) in [6.45, 7) is 0.748. The van der Waals surface area contributed by atoms with Gasteiger partial charge in [0.1, 0.15) is 12.7 Å². The number of nitriles is 1. The molecule has 1 aromatic heterocycles. The molecule has 5 nitrogen and oxygen atoms in total. The summed E-state index contributed by atoms with van der Waals surface area (Å²) >= 11 is 0. The predicted octanol–water partition coefficient (Wildman–Crippen LogP) is 3.28. The Hall–Kier alpha value is -3.13. The molecule has 0 atom stereocenters. The lowest BCUT2D eigenvalue weighted by Gasteiger charge is -2.05. The molecule has 2 aromatic rings. The van der Waals surface area contributed by atoms with Crippen LogP contribution in [-0.4, -0.2) is 17.6 Å². The van der Waals surface area contributed by atoms with E-state index >= 15 is 0 Å². The molecule has 1 aromatic carbocycles. The molecule has 1 heterocycles. The summed E-state index contributed by atoms with van der Waals surface area (Å²) in [7, 11) is 0. The lowest BCUT2D eigenvalue weighted by Crippen LogP contribution is -2.24. The van der Waals surface area contributed by atoms with Crippen molar-refractivity contribution in [1.29, 1.82) is 5.26 Å². The fourth-order valence-electron chi connectivity index (χ4n) is 1.81. The van der Waals surface area contributed by atoms with E-state index in [4.69, 9.17) is 10.00 Å². The number of pyridine rings is 1. The maximum Gasteiger partial charge on any atom is 0.407 e. The first-order valence-electron chi connectivity index (χ1n) is 7.25. The van der Waals surface area contributed by atoms with Crippen LogP contribution in [0.25, 0.3) is 6.08 Å². The van der Waals surface area contributed by atoms with Crippen molar-refractivity contribution in [3.05, 3.63) is 71.6 Å². The minimum atomic E-state index is -0.432. The monoisotopic (exact) mass is 307 g/mol. The molecule has 0 saturated heterocycles. The lowest BCUT2D eigenvalue weighted by atomic mass is 10.2. The topological polar surface area (TPSA) is 75.0 Å². The average molecular weight is 307 g/mol. The summed E-state index contributed by atoms with van der Waals surface area (Å²) in [5, 5.41) is 11.4. The highest BCUT2D eigenvalue weighted by molar-refractivity contribution is 5.67. The number of amides is 1. The molecule has 0 unspecified atom stereocenters. The molecule has 0 aliphatic carbocycles. The van der Waals surface area contributed by atoms with Crippen molar-refractivity contribution in [3.8, 4) is 6.07 Å². The number of benzene rings is 1. The largest absolute Gasteiger partial charge is 0.445 e. The van der Waals surface area contributed by atoms with E-state index in [0.29, 0.717) is 18.5 Å². The third-order valence-electron chi connectivity index (χ3n) is 3.00. The Morgan fingerprint density at radius 1 is 1.26 bits per heavy atom. The van der Waals surface area contributed by atoms with Crippen molar-refractivity contribution in [2.24, 2.45) is 0 Å². The smallest absolute Gasteiger partial charge is 0.407 e. The molecule has 0 spiro atoms. The van der Waals surface area contributed by atoms with E-state index in [1.807, 2.05) is 48.6 Å². The minimum absolute atomic E-state index is 0.262. The highest BCUT2D eigenvalue weighted by Crippen LogP contribution is 2.02. The van der Waals surface area contributed by atoms with E-state index in [1.165, 1.54) is 6.20 Å². The summed E-state index contributed by atoms with van der Waals surface area (Å²) in [6.07, 6.45) is 5.52. The van der Waals surface area contributed by atoms with Gasteiger partial charge >= 0.3 is 6.09 Å². The second-order valence-electron chi connectivity index (χ2n) is 4.76. The van der Waals surface area contributed by atoms with Gasteiger partial charge in [-0.2, -0.15) is 5.26 Å². The van der Waals surface area contributed by atoms with Crippen molar-refractivity contribution in [2.75, 3.05) is 6.54 Å². The van der Waals surface area contributed by atoms with Crippen LogP contribution in [-0.2, 0) is 11.3 Å². The van der Waals surface area contributed by atoms with Crippen LogP contribution in [0.2, 0.25) is 0 Å². The first-order chi connectivity index (χ1) is 11.3. The van der Waals surface area contributed by atoms with Crippen molar-refractivity contribution in [1.82, 2.24) is 10.3 Å².